The van der Waals surface area contributed by atoms with E-state index >= 15 is 0 Å². The molecule has 10 heteroatoms. The Morgan fingerprint density at radius 2 is 1.00 bits per heavy atom. The Kier molecular flexibility index (Phi) is 8.96. The van der Waals surface area contributed by atoms with Gasteiger partial charge in [-0.1, -0.05) is 0 Å². The lowest BCUT2D eigenvalue weighted by Gasteiger charge is -2.49. The SMILES string of the molecule is C[Si](C)(C)OC[C@H]1O[C@H](O)[C@H](O[Si](C)(C)C)[C@@H](O[Si](C)(C)C)[C@H]1O[Si](C)(C)C. The molecule has 1 saturated heterocycles. The van der Waals surface area contributed by atoms with E-state index in [1.54, 1.807) is 0 Å². The molecule has 1 aliphatic rings. The van der Waals surface area contributed by atoms with Gasteiger partial charge < -0.3 is 27.5 Å². The predicted octanol–water partition coefficient (Wildman–Crippen LogP) is 4.22. The largest absolute Gasteiger partial charge is 0.415 e. The molecule has 0 amide bonds. The van der Waals surface area contributed by atoms with Gasteiger partial charge in [-0.05, 0) is 78.6 Å². The quantitative estimate of drug-likeness (QED) is 0.511. The Labute approximate surface area is 176 Å². The maximum atomic E-state index is 10.8. The van der Waals surface area contributed by atoms with E-state index in [-0.39, 0.29) is 18.3 Å². The van der Waals surface area contributed by atoms with Crippen LogP contribution in [-0.2, 0) is 22.4 Å². The van der Waals surface area contributed by atoms with E-state index in [0.717, 1.165) is 0 Å². The zero-order chi connectivity index (χ0) is 22.1. The molecule has 28 heavy (non-hydrogen) atoms. The summed E-state index contributed by atoms with van der Waals surface area (Å²) in [6.45, 7) is 26.1. The summed E-state index contributed by atoms with van der Waals surface area (Å²) in [4.78, 5) is 0. The standard InChI is InChI=1S/C18H44O6Si4/c1-25(2,3)20-13-14-15(22-26(4,5)6)16(23-27(7,8)9)17(18(19)21-14)24-28(10,11)12/h14-19H,13H2,1-12H3/t14-,15+,16+,17-,18+/m1/s1. The smallest absolute Gasteiger partial charge is 0.184 e. The minimum atomic E-state index is -1.94. The highest BCUT2D eigenvalue weighted by Crippen LogP contribution is 2.33. The highest BCUT2D eigenvalue weighted by molar-refractivity contribution is 6.71. The zero-order valence-electron chi connectivity index (χ0n) is 20.1. The fraction of sp³-hybridized carbons (Fsp3) is 1.00. The van der Waals surface area contributed by atoms with Crippen LogP contribution in [0.3, 0.4) is 0 Å². The molecule has 6 nitrogen and oxygen atoms in total. The van der Waals surface area contributed by atoms with Crippen molar-refractivity contribution in [2.75, 3.05) is 6.61 Å². The van der Waals surface area contributed by atoms with Crippen molar-refractivity contribution in [3.63, 3.8) is 0 Å². The first-order valence-electron chi connectivity index (χ1n) is 10.3. The Balaban J connectivity index is 3.26. The van der Waals surface area contributed by atoms with E-state index in [2.05, 4.69) is 78.6 Å². The molecule has 0 aliphatic carbocycles. The van der Waals surface area contributed by atoms with Crippen molar-refractivity contribution < 1.29 is 27.5 Å². The Hall–Kier alpha value is 0.628. The lowest BCUT2D eigenvalue weighted by molar-refractivity contribution is -0.274. The molecule has 0 saturated carbocycles. The average Bonchev–Trinajstić information content (AvgIpc) is 2.39. The summed E-state index contributed by atoms with van der Waals surface area (Å²) in [5, 5.41) is 10.8. The molecule has 0 radical (unpaired) electrons. The molecule has 5 atom stereocenters. The summed E-state index contributed by atoms with van der Waals surface area (Å²) in [5.41, 5.74) is 0. The van der Waals surface area contributed by atoms with Gasteiger partial charge in [-0.3, -0.25) is 0 Å². The Bertz CT molecular complexity index is 492. The number of ether oxygens (including phenoxy) is 1. The lowest BCUT2D eigenvalue weighted by Crippen LogP contribution is -2.66. The molecule has 0 unspecified atom stereocenters. The second-order valence-corrected chi connectivity index (χ2v) is 29.5. The van der Waals surface area contributed by atoms with Crippen LogP contribution in [0.4, 0.5) is 0 Å². The summed E-state index contributed by atoms with van der Waals surface area (Å²) in [6.07, 6.45) is -2.67. The van der Waals surface area contributed by atoms with Gasteiger partial charge in [-0.15, -0.1) is 0 Å². The van der Waals surface area contributed by atoms with Crippen molar-refractivity contribution in [3.8, 4) is 0 Å². The van der Waals surface area contributed by atoms with Crippen LogP contribution in [0.15, 0.2) is 0 Å². The number of aliphatic hydroxyl groups excluding tert-OH is 1. The molecule has 1 aliphatic heterocycles. The first-order chi connectivity index (χ1) is 12.3. The van der Waals surface area contributed by atoms with Crippen molar-refractivity contribution in [3.05, 3.63) is 0 Å². The van der Waals surface area contributed by atoms with Crippen molar-refractivity contribution in [2.24, 2.45) is 0 Å². The van der Waals surface area contributed by atoms with E-state index < -0.39 is 45.7 Å². The summed E-state index contributed by atoms with van der Waals surface area (Å²) < 4.78 is 31.7. The zero-order valence-corrected chi connectivity index (χ0v) is 24.1. The molecular formula is C18H44O6Si4. The minimum Gasteiger partial charge on any atom is -0.415 e. The van der Waals surface area contributed by atoms with Gasteiger partial charge >= 0.3 is 0 Å². The van der Waals surface area contributed by atoms with Crippen LogP contribution in [-0.4, -0.2) is 75.7 Å². The Morgan fingerprint density at radius 1 is 0.607 bits per heavy atom. The summed E-state index contributed by atoms with van der Waals surface area (Å²) in [5.74, 6) is 0. The van der Waals surface area contributed by atoms with Gasteiger partial charge in [-0.2, -0.15) is 0 Å². The van der Waals surface area contributed by atoms with Gasteiger partial charge in [0.25, 0.3) is 0 Å². The fourth-order valence-electron chi connectivity index (χ4n) is 2.99. The number of aliphatic hydroxyl groups is 1. The fourth-order valence-corrected chi connectivity index (χ4v) is 6.91. The van der Waals surface area contributed by atoms with Crippen LogP contribution in [0, 0.1) is 0 Å². The van der Waals surface area contributed by atoms with E-state index in [1.807, 2.05) is 0 Å². The van der Waals surface area contributed by atoms with Crippen LogP contribution in [0.25, 0.3) is 0 Å². The van der Waals surface area contributed by atoms with Crippen LogP contribution in [0.2, 0.25) is 78.6 Å². The molecule has 1 fully saturated rings. The van der Waals surface area contributed by atoms with Gasteiger partial charge in [0.05, 0.1) is 6.61 Å². The van der Waals surface area contributed by atoms with Crippen molar-refractivity contribution in [1.29, 1.82) is 0 Å². The maximum Gasteiger partial charge on any atom is 0.184 e. The highest BCUT2D eigenvalue weighted by Gasteiger charge is 2.51. The molecule has 0 aromatic heterocycles. The third-order valence-corrected chi connectivity index (χ3v) is 7.73. The molecule has 0 aromatic rings. The van der Waals surface area contributed by atoms with Gasteiger partial charge in [-0.25, -0.2) is 0 Å². The summed E-state index contributed by atoms with van der Waals surface area (Å²) >= 11 is 0. The van der Waals surface area contributed by atoms with Gasteiger partial charge in [0.2, 0.25) is 0 Å². The molecule has 0 aromatic carbocycles. The molecule has 1 N–H and O–H groups in total. The van der Waals surface area contributed by atoms with Crippen LogP contribution in [0.5, 0.6) is 0 Å². The molecular weight excluding hydrogens is 425 g/mol. The van der Waals surface area contributed by atoms with E-state index in [9.17, 15) is 5.11 Å². The highest BCUT2D eigenvalue weighted by atomic mass is 28.4. The Morgan fingerprint density at radius 3 is 1.39 bits per heavy atom. The van der Waals surface area contributed by atoms with E-state index in [0.29, 0.717) is 6.61 Å². The molecule has 1 heterocycles. The lowest BCUT2D eigenvalue weighted by atomic mass is 9.99. The van der Waals surface area contributed by atoms with Gasteiger partial charge in [0.1, 0.15) is 24.4 Å². The third-order valence-electron chi connectivity index (χ3n) is 3.76. The van der Waals surface area contributed by atoms with Crippen LogP contribution >= 0.6 is 0 Å². The number of hydrogen-bond acceptors (Lipinski definition) is 6. The maximum absolute atomic E-state index is 10.8. The van der Waals surface area contributed by atoms with Crippen LogP contribution < -0.4 is 0 Å². The average molecular weight is 469 g/mol. The summed E-state index contributed by atoms with van der Waals surface area (Å²) in [7, 11) is -7.50. The number of hydrogen-bond donors (Lipinski definition) is 1. The van der Waals surface area contributed by atoms with Gasteiger partial charge in [0, 0.05) is 0 Å². The monoisotopic (exact) mass is 468 g/mol. The molecule has 0 spiro atoms. The molecule has 168 valence electrons. The summed E-state index contributed by atoms with van der Waals surface area (Å²) in [6, 6.07) is 0. The van der Waals surface area contributed by atoms with Crippen molar-refractivity contribution in [2.45, 2.75) is 109 Å². The van der Waals surface area contributed by atoms with Crippen molar-refractivity contribution >= 4 is 33.3 Å². The second-order valence-electron chi connectivity index (χ2n) is 11.6. The topological polar surface area (TPSA) is 66.4 Å². The van der Waals surface area contributed by atoms with E-state index in [4.69, 9.17) is 22.4 Å². The first-order valence-corrected chi connectivity index (χ1v) is 23.9. The molecule has 1 rings (SSSR count). The van der Waals surface area contributed by atoms with Crippen LogP contribution in [0.1, 0.15) is 0 Å². The normalized spacial score (nSPS) is 30.5. The second kappa shape index (κ2) is 9.41. The number of rotatable bonds is 9. The third kappa shape index (κ3) is 10.1. The first kappa shape index (κ1) is 26.7. The van der Waals surface area contributed by atoms with Crippen molar-refractivity contribution in [1.82, 2.24) is 0 Å². The predicted molar refractivity (Wildman–Crippen MR) is 125 cm³/mol. The van der Waals surface area contributed by atoms with E-state index in [1.165, 1.54) is 0 Å². The molecule has 0 bridgehead atoms. The minimum absolute atomic E-state index is 0.320. The van der Waals surface area contributed by atoms with Gasteiger partial charge in [0.15, 0.2) is 39.6 Å².